The van der Waals surface area contributed by atoms with Crippen LogP contribution in [0, 0.1) is 0 Å². The third-order valence-electron chi connectivity index (χ3n) is 11.7. The minimum Gasteiger partial charge on any atom is -0.479 e. The van der Waals surface area contributed by atoms with Crippen molar-refractivity contribution in [2.75, 3.05) is 13.2 Å². The van der Waals surface area contributed by atoms with Crippen LogP contribution in [0.5, 0.6) is 0 Å². The first kappa shape index (κ1) is 59.2. The summed E-state index contributed by atoms with van der Waals surface area (Å²) in [4.78, 5) is 37.0. The summed E-state index contributed by atoms with van der Waals surface area (Å²) in [6, 6.07) is 0. The molecule has 0 aromatic rings. The Bertz CT molecular complexity index is 1250. The fourth-order valence-electron chi connectivity index (χ4n) is 7.69. The van der Waals surface area contributed by atoms with E-state index >= 15 is 0 Å². The van der Waals surface area contributed by atoms with Gasteiger partial charge in [0.05, 0.1) is 6.61 Å². The Morgan fingerprint density at radius 2 is 0.922 bits per heavy atom. The number of esters is 2. The topological polar surface area (TPSA) is 169 Å². The van der Waals surface area contributed by atoms with Crippen LogP contribution < -0.4 is 0 Å². The molecular weight excluding hydrogens is 813 g/mol. The van der Waals surface area contributed by atoms with E-state index in [-0.39, 0.29) is 19.4 Å². The molecule has 11 heteroatoms. The molecule has 0 aromatic heterocycles. The van der Waals surface area contributed by atoms with Gasteiger partial charge in [0.1, 0.15) is 24.9 Å². The van der Waals surface area contributed by atoms with Crippen LogP contribution in [-0.2, 0) is 33.3 Å². The first-order chi connectivity index (χ1) is 31.2. The molecule has 0 amide bonds. The van der Waals surface area contributed by atoms with Crippen molar-refractivity contribution in [3.63, 3.8) is 0 Å². The number of carbonyl (C=O) groups is 3. The normalized spacial score (nSPS) is 19.7. The molecule has 0 aliphatic carbocycles. The molecule has 64 heavy (non-hydrogen) atoms. The lowest BCUT2D eigenvalue weighted by Crippen LogP contribution is -2.60. The lowest BCUT2D eigenvalue weighted by Gasteiger charge is -2.38. The van der Waals surface area contributed by atoms with Gasteiger partial charge in [0.25, 0.3) is 0 Å². The van der Waals surface area contributed by atoms with E-state index < -0.39 is 61.3 Å². The number of unbranched alkanes of at least 4 members (excludes halogenated alkanes) is 24. The maximum absolute atomic E-state index is 12.8. The van der Waals surface area contributed by atoms with E-state index in [1.165, 1.54) is 109 Å². The highest BCUT2D eigenvalue weighted by Crippen LogP contribution is 2.23. The average molecular weight is 905 g/mol. The van der Waals surface area contributed by atoms with Gasteiger partial charge in [-0.1, -0.05) is 204 Å². The molecule has 1 heterocycles. The first-order valence-electron chi connectivity index (χ1n) is 25.7. The summed E-state index contributed by atoms with van der Waals surface area (Å²) in [5, 5.41) is 39.9. The van der Waals surface area contributed by atoms with Crippen LogP contribution >= 0.6 is 0 Å². The Balaban J connectivity index is 2.30. The van der Waals surface area contributed by atoms with Crippen LogP contribution in [0.4, 0.5) is 0 Å². The minimum atomic E-state index is -1.86. The van der Waals surface area contributed by atoms with Crippen molar-refractivity contribution in [2.45, 2.75) is 256 Å². The maximum Gasteiger partial charge on any atom is 0.335 e. The molecule has 0 saturated carbocycles. The minimum absolute atomic E-state index is 0.183. The predicted octanol–water partition coefficient (Wildman–Crippen LogP) is 12.1. The zero-order chi connectivity index (χ0) is 46.7. The number of aliphatic hydroxyl groups excluding tert-OH is 3. The number of carboxylic acid groups (broad SMARTS) is 1. The molecule has 1 fully saturated rings. The van der Waals surface area contributed by atoms with E-state index in [2.05, 4.69) is 62.5 Å². The molecule has 1 aliphatic heterocycles. The van der Waals surface area contributed by atoms with Gasteiger partial charge in [0.2, 0.25) is 0 Å². The molecule has 4 N–H and O–H groups in total. The Hall–Kier alpha value is -2.83. The third-order valence-corrected chi connectivity index (χ3v) is 11.7. The second-order valence-corrected chi connectivity index (χ2v) is 17.6. The van der Waals surface area contributed by atoms with Crippen molar-refractivity contribution in [2.24, 2.45) is 0 Å². The molecule has 6 atom stereocenters. The number of hydrogen-bond donors (Lipinski definition) is 4. The Morgan fingerprint density at radius 1 is 0.500 bits per heavy atom. The number of carbonyl (C=O) groups excluding carboxylic acids is 2. The number of carboxylic acids is 1. The van der Waals surface area contributed by atoms with Gasteiger partial charge in [-0.3, -0.25) is 9.59 Å². The number of ether oxygens (including phenoxy) is 4. The van der Waals surface area contributed by atoms with Gasteiger partial charge >= 0.3 is 17.9 Å². The highest BCUT2D eigenvalue weighted by molar-refractivity contribution is 5.73. The lowest BCUT2D eigenvalue weighted by atomic mass is 9.99. The van der Waals surface area contributed by atoms with Crippen LogP contribution in [0.3, 0.4) is 0 Å². The van der Waals surface area contributed by atoms with Crippen LogP contribution in [0.15, 0.2) is 48.6 Å². The lowest BCUT2D eigenvalue weighted by molar-refractivity contribution is -0.298. The summed E-state index contributed by atoms with van der Waals surface area (Å²) < 4.78 is 21.8. The largest absolute Gasteiger partial charge is 0.479 e. The van der Waals surface area contributed by atoms with Gasteiger partial charge in [0, 0.05) is 12.8 Å². The second kappa shape index (κ2) is 42.8. The predicted molar refractivity (Wildman–Crippen MR) is 257 cm³/mol. The SMILES string of the molecule is CC/C=C\C/C=C\C/C=C\C/C=C\CCCCCCCCCCC(=O)OCC(COC1OC(C(=O)O)C(O)C(O)C1O)OC(=O)CCCCCCCCCCCCCCCCCCC. The highest BCUT2D eigenvalue weighted by atomic mass is 16.7. The van der Waals surface area contributed by atoms with Gasteiger partial charge in [-0.2, -0.15) is 0 Å². The monoisotopic (exact) mass is 905 g/mol. The van der Waals surface area contributed by atoms with Crippen LogP contribution in [0.2, 0.25) is 0 Å². The van der Waals surface area contributed by atoms with Gasteiger partial charge in [0.15, 0.2) is 18.5 Å². The Labute approximate surface area is 388 Å². The second-order valence-electron chi connectivity index (χ2n) is 17.6. The molecule has 0 bridgehead atoms. The summed E-state index contributed by atoms with van der Waals surface area (Å²) in [5.41, 5.74) is 0. The number of aliphatic carboxylic acids is 1. The average Bonchev–Trinajstić information content (AvgIpc) is 3.28. The summed E-state index contributed by atoms with van der Waals surface area (Å²) >= 11 is 0. The Kier molecular flexibility index (Phi) is 39.6. The van der Waals surface area contributed by atoms with Crippen molar-refractivity contribution >= 4 is 17.9 Å². The molecule has 11 nitrogen and oxygen atoms in total. The number of hydrogen-bond acceptors (Lipinski definition) is 10. The van der Waals surface area contributed by atoms with Crippen molar-refractivity contribution in [1.82, 2.24) is 0 Å². The highest BCUT2D eigenvalue weighted by Gasteiger charge is 2.47. The zero-order valence-corrected chi connectivity index (χ0v) is 40.3. The molecule has 1 aliphatic rings. The van der Waals surface area contributed by atoms with Crippen molar-refractivity contribution in [3.05, 3.63) is 48.6 Å². The molecule has 1 saturated heterocycles. The van der Waals surface area contributed by atoms with E-state index in [1.54, 1.807) is 0 Å². The molecule has 0 spiro atoms. The van der Waals surface area contributed by atoms with Crippen molar-refractivity contribution < 1.29 is 53.8 Å². The summed E-state index contributed by atoms with van der Waals surface area (Å²) in [6.45, 7) is 3.72. The van der Waals surface area contributed by atoms with E-state index in [0.29, 0.717) is 12.8 Å². The number of allylic oxidation sites excluding steroid dienone is 8. The molecule has 1 rings (SSSR count). The molecular formula is C53H92O11. The molecule has 6 unspecified atom stereocenters. The fourth-order valence-corrected chi connectivity index (χ4v) is 7.69. The van der Waals surface area contributed by atoms with E-state index in [0.717, 1.165) is 70.6 Å². The van der Waals surface area contributed by atoms with Crippen molar-refractivity contribution in [3.8, 4) is 0 Å². The van der Waals surface area contributed by atoms with Crippen LogP contribution in [-0.4, -0.2) is 88.4 Å². The van der Waals surface area contributed by atoms with Crippen molar-refractivity contribution in [1.29, 1.82) is 0 Å². The summed E-state index contributed by atoms with van der Waals surface area (Å²) in [6.07, 6.45) is 43.0. The maximum atomic E-state index is 12.8. The fraction of sp³-hybridized carbons (Fsp3) is 0.792. The van der Waals surface area contributed by atoms with E-state index in [1.807, 2.05) is 0 Å². The number of aliphatic hydroxyl groups is 3. The smallest absolute Gasteiger partial charge is 0.335 e. The van der Waals surface area contributed by atoms with E-state index in [9.17, 15) is 34.8 Å². The van der Waals surface area contributed by atoms with Gasteiger partial charge in [-0.15, -0.1) is 0 Å². The standard InChI is InChI=1S/C53H92O11/c1-3-5-7-9-11-13-15-17-19-21-22-23-24-26-27-29-31-33-35-37-39-41-46(54)61-43-45(44-62-53-50(58)48(56)49(57)51(64-53)52(59)60)63-47(55)42-40-38-36-34-32-30-28-25-20-18-16-14-12-10-8-6-4-2/h5,7,11,13,17,19,22-23,45,48-51,53,56-58H,3-4,6,8-10,12,14-16,18,20-21,24-44H2,1-2H3,(H,59,60)/b7-5-,13-11-,19-17-,23-22-. The number of rotatable bonds is 43. The van der Waals surface area contributed by atoms with Gasteiger partial charge in [-0.25, -0.2) is 4.79 Å². The summed E-state index contributed by atoms with van der Waals surface area (Å²) in [5.74, 6) is -2.45. The van der Waals surface area contributed by atoms with E-state index in [4.69, 9.17) is 18.9 Å². The van der Waals surface area contributed by atoms with Gasteiger partial charge in [-0.05, 0) is 51.4 Å². The Morgan fingerprint density at radius 3 is 1.39 bits per heavy atom. The third kappa shape index (κ3) is 33.6. The quantitative estimate of drug-likeness (QED) is 0.0261. The molecule has 370 valence electrons. The van der Waals surface area contributed by atoms with Gasteiger partial charge < -0.3 is 39.4 Å². The first-order valence-corrected chi connectivity index (χ1v) is 25.7. The summed E-state index contributed by atoms with van der Waals surface area (Å²) in [7, 11) is 0. The molecule has 0 radical (unpaired) electrons. The van der Waals surface area contributed by atoms with Crippen LogP contribution in [0.1, 0.15) is 219 Å². The zero-order valence-electron chi connectivity index (χ0n) is 40.3. The molecule has 0 aromatic carbocycles. The van der Waals surface area contributed by atoms with Crippen LogP contribution in [0.25, 0.3) is 0 Å².